The van der Waals surface area contributed by atoms with E-state index < -0.39 is 6.23 Å². The second kappa shape index (κ2) is 6.92. The number of ether oxygens (including phenoxy) is 2. The van der Waals surface area contributed by atoms with Gasteiger partial charge in [0.25, 0.3) is 5.91 Å². The minimum atomic E-state index is -0.483. The maximum Gasteiger partial charge on any atom is 0.261 e. The largest absolute Gasteiger partial charge is 0.497 e. The minimum absolute atomic E-state index is 0.0494. The highest BCUT2D eigenvalue weighted by Crippen LogP contribution is 2.38. The molecule has 0 aromatic heterocycles. The van der Waals surface area contributed by atoms with E-state index >= 15 is 0 Å². The summed E-state index contributed by atoms with van der Waals surface area (Å²) in [5.41, 5.74) is 2.54. The average Bonchev–Trinajstić information content (AvgIpc) is 2.71. The monoisotopic (exact) mass is 345 g/mol. The molecule has 0 aliphatic carbocycles. The van der Waals surface area contributed by atoms with Crippen LogP contribution in [0.3, 0.4) is 0 Å². The Bertz CT molecular complexity index is 909. The Kier molecular flexibility index (Phi) is 4.32. The van der Waals surface area contributed by atoms with Gasteiger partial charge < -0.3 is 9.47 Å². The van der Waals surface area contributed by atoms with Gasteiger partial charge in [0, 0.05) is 18.2 Å². The third-order valence-corrected chi connectivity index (χ3v) is 4.48. The lowest BCUT2D eigenvalue weighted by atomic mass is 10.1. The summed E-state index contributed by atoms with van der Waals surface area (Å²) in [7, 11) is 1.60. The summed E-state index contributed by atoms with van der Waals surface area (Å²) in [6, 6.07) is 25.0. The van der Waals surface area contributed by atoms with E-state index in [0.29, 0.717) is 23.6 Å². The second-order valence-electron chi connectivity index (χ2n) is 6.16. The zero-order valence-electron chi connectivity index (χ0n) is 14.5. The molecular formula is C22H19NO3. The first kappa shape index (κ1) is 16.2. The molecule has 0 saturated heterocycles. The van der Waals surface area contributed by atoms with Gasteiger partial charge in [0.2, 0.25) is 6.23 Å². The van der Waals surface area contributed by atoms with Gasteiger partial charge in [-0.15, -0.1) is 0 Å². The van der Waals surface area contributed by atoms with E-state index in [-0.39, 0.29) is 5.91 Å². The van der Waals surface area contributed by atoms with Crippen molar-refractivity contribution in [3.63, 3.8) is 0 Å². The zero-order chi connectivity index (χ0) is 17.9. The lowest BCUT2D eigenvalue weighted by Crippen LogP contribution is -2.41. The molecule has 3 aromatic rings. The molecule has 0 saturated carbocycles. The number of nitrogens with zero attached hydrogens (tertiary/aromatic N) is 1. The highest BCUT2D eigenvalue weighted by atomic mass is 16.5. The lowest BCUT2D eigenvalue weighted by molar-refractivity contribution is 0.00461. The first-order chi connectivity index (χ1) is 12.8. The molecule has 0 N–H and O–H groups in total. The van der Waals surface area contributed by atoms with Crippen LogP contribution in [0, 0.1) is 0 Å². The Labute approximate surface area is 152 Å². The molecular weight excluding hydrogens is 326 g/mol. The number of hydrogen-bond acceptors (Lipinski definition) is 3. The van der Waals surface area contributed by atoms with Crippen LogP contribution in [0.15, 0.2) is 78.9 Å². The Balaban J connectivity index is 1.76. The molecule has 1 aliphatic heterocycles. The van der Waals surface area contributed by atoms with Gasteiger partial charge in [-0.05, 0) is 17.7 Å². The predicted octanol–water partition coefficient (Wildman–Crippen LogP) is 4.43. The van der Waals surface area contributed by atoms with Crippen molar-refractivity contribution in [1.82, 2.24) is 4.90 Å². The smallest absolute Gasteiger partial charge is 0.261 e. The molecule has 0 spiro atoms. The summed E-state index contributed by atoms with van der Waals surface area (Å²) < 4.78 is 11.5. The van der Waals surface area contributed by atoms with E-state index in [1.54, 1.807) is 30.2 Å². The van der Waals surface area contributed by atoms with Gasteiger partial charge in [0.05, 0.1) is 12.7 Å². The summed E-state index contributed by atoms with van der Waals surface area (Å²) in [5, 5.41) is 0. The van der Waals surface area contributed by atoms with Crippen LogP contribution >= 0.6 is 0 Å². The quantitative estimate of drug-likeness (QED) is 0.702. The summed E-state index contributed by atoms with van der Waals surface area (Å²) in [6.07, 6.45) is -0.483. The lowest BCUT2D eigenvalue weighted by Gasteiger charge is -2.37. The number of amides is 1. The Hall–Kier alpha value is -3.27. The maximum absolute atomic E-state index is 13.2. The van der Waals surface area contributed by atoms with Crippen molar-refractivity contribution in [2.45, 2.75) is 12.8 Å². The highest BCUT2D eigenvalue weighted by molar-refractivity contribution is 5.98. The van der Waals surface area contributed by atoms with Crippen LogP contribution in [-0.4, -0.2) is 17.9 Å². The SMILES string of the molecule is COc1ccc2c(c1)OC(c1ccccc1)N(Cc1ccccc1)C2=O. The van der Waals surface area contributed by atoms with Gasteiger partial charge >= 0.3 is 0 Å². The van der Waals surface area contributed by atoms with Crippen molar-refractivity contribution in [2.75, 3.05) is 7.11 Å². The molecule has 130 valence electrons. The van der Waals surface area contributed by atoms with E-state index in [0.717, 1.165) is 11.1 Å². The Morgan fingerprint density at radius 3 is 2.35 bits per heavy atom. The van der Waals surface area contributed by atoms with Crippen LogP contribution in [0.2, 0.25) is 0 Å². The van der Waals surface area contributed by atoms with Gasteiger partial charge in [-0.3, -0.25) is 9.69 Å². The molecule has 26 heavy (non-hydrogen) atoms. The molecule has 0 fully saturated rings. The van der Waals surface area contributed by atoms with E-state index in [9.17, 15) is 4.79 Å². The molecule has 4 rings (SSSR count). The number of rotatable bonds is 4. The standard InChI is InChI=1S/C22H19NO3/c1-25-18-12-13-19-20(14-18)26-22(17-10-6-3-7-11-17)23(21(19)24)15-16-8-4-2-5-9-16/h2-14,22H,15H2,1H3. The van der Waals surface area contributed by atoms with Gasteiger partial charge in [-0.25, -0.2) is 0 Å². The normalized spacial score (nSPS) is 16.0. The van der Waals surface area contributed by atoms with Crippen molar-refractivity contribution >= 4 is 5.91 Å². The summed E-state index contributed by atoms with van der Waals surface area (Å²) in [6.45, 7) is 0.477. The average molecular weight is 345 g/mol. The minimum Gasteiger partial charge on any atom is -0.497 e. The van der Waals surface area contributed by atoms with Crippen LogP contribution in [-0.2, 0) is 6.54 Å². The van der Waals surface area contributed by atoms with E-state index in [1.165, 1.54) is 0 Å². The summed E-state index contributed by atoms with van der Waals surface area (Å²) in [5.74, 6) is 1.17. The molecule has 4 heteroatoms. The molecule has 3 aromatic carbocycles. The Morgan fingerprint density at radius 1 is 0.962 bits per heavy atom. The van der Waals surface area contributed by atoms with Gasteiger partial charge in [0.1, 0.15) is 11.5 Å². The predicted molar refractivity (Wildman–Crippen MR) is 99.1 cm³/mol. The van der Waals surface area contributed by atoms with Crippen molar-refractivity contribution in [3.05, 3.63) is 95.6 Å². The fraction of sp³-hybridized carbons (Fsp3) is 0.136. The number of carbonyl (C=O) groups excluding carboxylic acids is 1. The number of carbonyl (C=O) groups is 1. The molecule has 1 amide bonds. The first-order valence-corrected chi connectivity index (χ1v) is 8.51. The topological polar surface area (TPSA) is 38.8 Å². The third-order valence-electron chi connectivity index (χ3n) is 4.48. The highest BCUT2D eigenvalue weighted by Gasteiger charge is 2.35. The van der Waals surface area contributed by atoms with Crippen LogP contribution in [0.25, 0.3) is 0 Å². The molecule has 4 nitrogen and oxygen atoms in total. The number of benzene rings is 3. The Morgan fingerprint density at radius 2 is 1.65 bits per heavy atom. The van der Waals surface area contributed by atoms with Gasteiger partial charge in [0.15, 0.2) is 0 Å². The van der Waals surface area contributed by atoms with Gasteiger partial charge in [-0.1, -0.05) is 60.7 Å². The molecule has 1 atom stereocenters. The fourth-order valence-corrected chi connectivity index (χ4v) is 3.15. The molecule has 1 aliphatic rings. The van der Waals surface area contributed by atoms with Crippen LogP contribution in [0.4, 0.5) is 0 Å². The zero-order valence-corrected chi connectivity index (χ0v) is 14.5. The number of hydrogen-bond donors (Lipinski definition) is 0. The fourth-order valence-electron chi connectivity index (χ4n) is 3.15. The molecule has 1 unspecified atom stereocenters. The van der Waals surface area contributed by atoms with E-state index in [1.807, 2.05) is 60.7 Å². The number of methoxy groups -OCH3 is 1. The molecule has 1 heterocycles. The third kappa shape index (κ3) is 3.02. The maximum atomic E-state index is 13.2. The van der Waals surface area contributed by atoms with E-state index in [2.05, 4.69) is 0 Å². The van der Waals surface area contributed by atoms with E-state index in [4.69, 9.17) is 9.47 Å². The number of fused-ring (bicyclic) bond motifs is 1. The van der Waals surface area contributed by atoms with Crippen molar-refractivity contribution in [3.8, 4) is 11.5 Å². The second-order valence-corrected chi connectivity index (χ2v) is 6.16. The van der Waals surface area contributed by atoms with Crippen LogP contribution in [0.5, 0.6) is 11.5 Å². The molecule has 0 radical (unpaired) electrons. The van der Waals surface area contributed by atoms with Crippen molar-refractivity contribution in [2.24, 2.45) is 0 Å². The van der Waals surface area contributed by atoms with Crippen molar-refractivity contribution in [1.29, 1.82) is 0 Å². The van der Waals surface area contributed by atoms with Crippen LogP contribution in [0.1, 0.15) is 27.7 Å². The first-order valence-electron chi connectivity index (χ1n) is 8.51. The molecule has 0 bridgehead atoms. The van der Waals surface area contributed by atoms with Gasteiger partial charge in [-0.2, -0.15) is 0 Å². The summed E-state index contributed by atoms with van der Waals surface area (Å²) >= 11 is 0. The summed E-state index contributed by atoms with van der Waals surface area (Å²) in [4.78, 5) is 15.0. The van der Waals surface area contributed by atoms with Crippen molar-refractivity contribution < 1.29 is 14.3 Å². The van der Waals surface area contributed by atoms with Crippen LogP contribution < -0.4 is 9.47 Å².